The van der Waals surface area contributed by atoms with Gasteiger partial charge in [-0.1, -0.05) is 41.9 Å². The number of nitrogens with one attached hydrogen (secondary N) is 2. The van der Waals surface area contributed by atoms with Gasteiger partial charge in [-0.15, -0.1) is 0 Å². The van der Waals surface area contributed by atoms with Crippen molar-refractivity contribution in [2.45, 2.75) is 4.90 Å². The third-order valence-corrected chi connectivity index (χ3v) is 5.48. The quantitative estimate of drug-likeness (QED) is 0.267. The Labute approximate surface area is 194 Å². The summed E-state index contributed by atoms with van der Waals surface area (Å²) in [6.07, 6.45) is 0. The van der Waals surface area contributed by atoms with Crippen molar-refractivity contribution in [1.29, 1.82) is 5.26 Å². The first-order valence-electron chi connectivity index (χ1n) is 9.26. The number of halogens is 1. The monoisotopic (exact) mass is 481 g/mol. The maximum Gasteiger partial charge on any atom is 0.287 e. The number of nitrogens with two attached hydrogens (primary N) is 1. The summed E-state index contributed by atoms with van der Waals surface area (Å²) in [7, 11) is -3.88. The Balaban J connectivity index is 1.81. The number of primary sulfonamides is 1. The van der Waals surface area contributed by atoms with Crippen LogP contribution in [0.15, 0.2) is 82.8 Å². The number of hydrogen-bond donors (Lipinski definition) is 3. The van der Waals surface area contributed by atoms with E-state index in [9.17, 15) is 23.3 Å². The predicted octanol–water partition coefficient (Wildman–Crippen LogP) is 3.15. The molecule has 0 radical (unpaired) electrons. The number of hydrogen-bond acceptors (Lipinski definition) is 7. The Morgan fingerprint density at radius 1 is 1.00 bits per heavy atom. The van der Waals surface area contributed by atoms with E-state index in [-0.39, 0.29) is 27.6 Å². The summed E-state index contributed by atoms with van der Waals surface area (Å²) in [6.45, 7) is 0. The van der Waals surface area contributed by atoms with Crippen LogP contribution in [0.1, 0.15) is 15.9 Å². The number of carbonyl (C=O) groups is 2. The zero-order valence-electron chi connectivity index (χ0n) is 16.8. The second-order valence-electron chi connectivity index (χ2n) is 6.59. The lowest BCUT2D eigenvalue weighted by atomic mass is 10.0. The fourth-order valence-electron chi connectivity index (χ4n) is 2.71. The molecule has 9 nitrogen and oxygen atoms in total. The van der Waals surface area contributed by atoms with Crippen molar-refractivity contribution >= 4 is 50.4 Å². The molecule has 3 rings (SSSR count). The summed E-state index contributed by atoms with van der Waals surface area (Å²) < 4.78 is 22.6. The van der Waals surface area contributed by atoms with Crippen molar-refractivity contribution in [3.63, 3.8) is 0 Å². The molecule has 11 heteroatoms. The summed E-state index contributed by atoms with van der Waals surface area (Å²) in [6, 6.07) is 19.7. The van der Waals surface area contributed by atoms with Crippen LogP contribution in [0.25, 0.3) is 0 Å². The summed E-state index contributed by atoms with van der Waals surface area (Å²) in [5.74, 6) is -1.17. The van der Waals surface area contributed by atoms with Crippen molar-refractivity contribution in [2.75, 3.05) is 10.7 Å². The lowest BCUT2D eigenvalue weighted by molar-refractivity contribution is -0.110. The maximum absolute atomic E-state index is 12.9. The van der Waals surface area contributed by atoms with Crippen LogP contribution in [0.2, 0.25) is 5.02 Å². The molecule has 0 atom stereocenters. The van der Waals surface area contributed by atoms with Crippen LogP contribution >= 0.6 is 11.6 Å². The van der Waals surface area contributed by atoms with Crippen molar-refractivity contribution in [3.05, 3.63) is 88.9 Å². The third-order valence-electron chi connectivity index (χ3n) is 4.31. The highest BCUT2D eigenvalue weighted by Gasteiger charge is 2.16. The highest BCUT2D eigenvalue weighted by molar-refractivity contribution is 7.89. The molecule has 3 aromatic rings. The van der Waals surface area contributed by atoms with Gasteiger partial charge in [0.25, 0.3) is 5.91 Å². The highest BCUT2D eigenvalue weighted by atomic mass is 35.5. The number of carbonyl (C=O) groups excluding carboxylic acids is 2. The summed E-state index contributed by atoms with van der Waals surface area (Å²) in [4.78, 5) is 25.1. The minimum Gasteiger partial charge on any atom is -0.320 e. The molecule has 3 aromatic carbocycles. The van der Waals surface area contributed by atoms with E-state index in [0.717, 1.165) is 0 Å². The third kappa shape index (κ3) is 6.02. The molecule has 0 aromatic heterocycles. The van der Waals surface area contributed by atoms with Crippen LogP contribution in [0.5, 0.6) is 0 Å². The van der Waals surface area contributed by atoms with E-state index in [0.29, 0.717) is 10.6 Å². The molecule has 0 saturated carbocycles. The van der Waals surface area contributed by atoms with E-state index >= 15 is 0 Å². The zero-order valence-corrected chi connectivity index (χ0v) is 18.4. The molecule has 1 amide bonds. The van der Waals surface area contributed by atoms with Gasteiger partial charge in [-0.3, -0.25) is 15.0 Å². The topological polar surface area (TPSA) is 155 Å². The lowest BCUT2D eigenvalue weighted by Gasteiger charge is -2.10. The van der Waals surface area contributed by atoms with Gasteiger partial charge in [0.15, 0.2) is 5.78 Å². The molecule has 0 aliphatic heterocycles. The standard InChI is InChI=1S/C22H16ClN5O4S/c23-15-6-11-19(18(12-15)21(29)14-4-2-1-3-5-14)27-28-20(13-24)22(30)26-16-7-9-17(10-8-16)33(25,31)32/h1-12,27H,(H,26,30)(H2,25,31,32)/b28-20+. The van der Waals surface area contributed by atoms with Crippen LogP contribution in [0.4, 0.5) is 11.4 Å². The maximum atomic E-state index is 12.9. The molecule has 0 bridgehead atoms. The van der Waals surface area contributed by atoms with Gasteiger partial charge in [0.1, 0.15) is 6.07 Å². The Morgan fingerprint density at radius 2 is 1.67 bits per heavy atom. The Morgan fingerprint density at radius 3 is 2.27 bits per heavy atom. The highest BCUT2D eigenvalue weighted by Crippen LogP contribution is 2.24. The molecule has 0 unspecified atom stereocenters. The van der Waals surface area contributed by atoms with Crippen molar-refractivity contribution < 1.29 is 18.0 Å². The molecule has 0 spiro atoms. The molecule has 0 aliphatic carbocycles. The Bertz CT molecular complexity index is 1380. The predicted molar refractivity (Wildman–Crippen MR) is 124 cm³/mol. The Hall–Kier alpha value is -4.04. The van der Waals surface area contributed by atoms with Crippen molar-refractivity contribution in [1.82, 2.24) is 0 Å². The number of anilines is 2. The Kier molecular flexibility index (Phi) is 7.20. The van der Waals surface area contributed by atoms with Crippen molar-refractivity contribution in [2.24, 2.45) is 10.2 Å². The number of ketones is 1. The number of nitriles is 1. The number of hydrazone groups is 1. The smallest absolute Gasteiger partial charge is 0.287 e. The van der Waals surface area contributed by atoms with Crippen molar-refractivity contribution in [3.8, 4) is 6.07 Å². The normalized spacial score (nSPS) is 11.4. The fourth-order valence-corrected chi connectivity index (χ4v) is 3.40. The molecule has 0 heterocycles. The minimum atomic E-state index is -3.88. The minimum absolute atomic E-state index is 0.130. The van der Waals surface area contributed by atoms with Gasteiger partial charge < -0.3 is 5.32 Å². The van der Waals surface area contributed by atoms with Gasteiger partial charge >= 0.3 is 0 Å². The summed E-state index contributed by atoms with van der Waals surface area (Å²) in [5.41, 5.74) is 3.13. The average molecular weight is 482 g/mol. The number of nitrogens with zero attached hydrogens (tertiary/aromatic N) is 2. The van der Waals surface area contributed by atoms with E-state index in [1.165, 1.54) is 42.5 Å². The van der Waals surface area contributed by atoms with Crippen LogP contribution in [-0.2, 0) is 14.8 Å². The number of benzene rings is 3. The van der Waals surface area contributed by atoms with Gasteiger partial charge in [0, 0.05) is 21.8 Å². The number of amides is 1. The first-order chi connectivity index (χ1) is 15.7. The summed E-state index contributed by atoms with van der Waals surface area (Å²) >= 11 is 6.04. The van der Waals surface area contributed by atoms with E-state index < -0.39 is 21.6 Å². The molecule has 4 N–H and O–H groups in total. The lowest BCUT2D eigenvalue weighted by Crippen LogP contribution is -2.23. The molecule has 0 aliphatic rings. The van der Waals surface area contributed by atoms with E-state index in [1.54, 1.807) is 36.4 Å². The molecular formula is C22H16ClN5O4S. The molecule has 0 fully saturated rings. The largest absolute Gasteiger partial charge is 0.320 e. The first-order valence-corrected chi connectivity index (χ1v) is 11.2. The van der Waals surface area contributed by atoms with Gasteiger partial charge in [-0.05, 0) is 42.5 Å². The fraction of sp³-hybridized carbons (Fsp3) is 0. The zero-order chi connectivity index (χ0) is 24.0. The van der Waals surface area contributed by atoms with Crippen LogP contribution in [0, 0.1) is 11.3 Å². The van der Waals surface area contributed by atoms with Gasteiger partial charge in [0.05, 0.1) is 10.6 Å². The molecule has 0 saturated heterocycles. The summed E-state index contributed by atoms with van der Waals surface area (Å²) in [5, 5.41) is 20.9. The van der Waals surface area contributed by atoms with Gasteiger partial charge in [-0.25, -0.2) is 13.6 Å². The van der Waals surface area contributed by atoms with E-state index in [4.69, 9.17) is 16.7 Å². The SMILES string of the molecule is N#C/C(=N\Nc1ccc(Cl)cc1C(=O)c1ccccc1)C(=O)Nc1ccc(S(N)(=O)=O)cc1. The van der Waals surface area contributed by atoms with E-state index in [1.807, 2.05) is 0 Å². The van der Waals surface area contributed by atoms with Crippen LogP contribution in [-0.4, -0.2) is 25.8 Å². The second-order valence-corrected chi connectivity index (χ2v) is 8.59. The average Bonchev–Trinajstić information content (AvgIpc) is 2.80. The molecule has 166 valence electrons. The van der Waals surface area contributed by atoms with Gasteiger partial charge in [-0.2, -0.15) is 10.4 Å². The number of rotatable bonds is 7. The van der Waals surface area contributed by atoms with Gasteiger partial charge in [0.2, 0.25) is 15.7 Å². The first kappa shape index (κ1) is 23.6. The van der Waals surface area contributed by atoms with Crippen LogP contribution in [0.3, 0.4) is 0 Å². The molecular weight excluding hydrogens is 466 g/mol. The van der Waals surface area contributed by atoms with E-state index in [2.05, 4.69) is 15.8 Å². The molecule has 33 heavy (non-hydrogen) atoms. The number of sulfonamides is 1. The van der Waals surface area contributed by atoms with Crippen LogP contribution < -0.4 is 15.9 Å². The second kappa shape index (κ2) is 10.1.